The Morgan fingerprint density at radius 2 is 2.45 bits per heavy atom. The van der Waals surface area contributed by atoms with Crippen LogP contribution in [0.3, 0.4) is 0 Å². The number of nitrogens with zero attached hydrogens (tertiary/aromatic N) is 1. The second-order valence-electron chi connectivity index (χ2n) is 3.49. The monoisotopic (exact) mass is 155 g/mol. The Kier molecular flexibility index (Phi) is 1.29. The fourth-order valence-electron chi connectivity index (χ4n) is 1.88. The SMILES string of the molecule is CC1(O)C2=CCCN2CC1O. The third-order valence-corrected chi connectivity index (χ3v) is 2.64. The van der Waals surface area contributed by atoms with E-state index in [1.54, 1.807) is 6.92 Å². The van der Waals surface area contributed by atoms with Crippen LogP contribution in [-0.2, 0) is 0 Å². The molecule has 1 fully saturated rings. The molecule has 2 unspecified atom stereocenters. The van der Waals surface area contributed by atoms with Crippen molar-refractivity contribution in [2.45, 2.75) is 25.0 Å². The molecule has 2 aliphatic heterocycles. The molecule has 11 heavy (non-hydrogen) atoms. The summed E-state index contributed by atoms with van der Waals surface area (Å²) in [6, 6.07) is 0. The van der Waals surface area contributed by atoms with Gasteiger partial charge in [0.25, 0.3) is 0 Å². The average Bonchev–Trinajstić information content (AvgIpc) is 2.41. The molecule has 1 saturated heterocycles. The maximum absolute atomic E-state index is 9.77. The topological polar surface area (TPSA) is 43.7 Å². The predicted molar refractivity (Wildman–Crippen MR) is 40.9 cm³/mol. The van der Waals surface area contributed by atoms with Crippen molar-refractivity contribution in [3.05, 3.63) is 11.8 Å². The van der Waals surface area contributed by atoms with Gasteiger partial charge >= 0.3 is 0 Å². The van der Waals surface area contributed by atoms with Gasteiger partial charge in [0.2, 0.25) is 0 Å². The molecule has 62 valence electrons. The molecule has 0 aromatic heterocycles. The highest BCUT2D eigenvalue weighted by Crippen LogP contribution is 2.35. The number of aliphatic hydroxyl groups is 2. The fourth-order valence-corrected chi connectivity index (χ4v) is 1.88. The van der Waals surface area contributed by atoms with Gasteiger partial charge in [-0.3, -0.25) is 0 Å². The van der Waals surface area contributed by atoms with E-state index >= 15 is 0 Å². The number of aliphatic hydroxyl groups excluding tert-OH is 1. The van der Waals surface area contributed by atoms with Gasteiger partial charge < -0.3 is 15.1 Å². The number of hydrogen-bond donors (Lipinski definition) is 2. The largest absolute Gasteiger partial charge is 0.388 e. The van der Waals surface area contributed by atoms with Crippen molar-refractivity contribution in [1.82, 2.24) is 4.90 Å². The molecule has 0 aromatic carbocycles. The van der Waals surface area contributed by atoms with Crippen LogP contribution < -0.4 is 0 Å². The Bertz CT molecular complexity index is 210. The first-order valence-corrected chi connectivity index (χ1v) is 3.98. The standard InChI is InChI=1S/C8H13NO2/c1-8(11)6-3-2-4-9(6)5-7(8)10/h3,7,10-11H,2,4-5H2,1H3. The summed E-state index contributed by atoms with van der Waals surface area (Å²) in [5, 5.41) is 19.2. The van der Waals surface area contributed by atoms with Crippen molar-refractivity contribution >= 4 is 0 Å². The zero-order valence-electron chi connectivity index (χ0n) is 6.62. The molecule has 2 heterocycles. The lowest BCUT2D eigenvalue weighted by Gasteiger charge is -2.21. The maximum atomic E-state index is 9.77. The van der Waals surface area contributed by atoms with E-state index in [2.05, 4.69) is 0 Å². The minimum Gasteiger partial charge on any atom is -0.388 e. The second-order valence-corrected chi connectivity index (χ2v) is 3.49. The van der Waals surface area contributed by atoms with Gasteiger partial charge in [-0.1, -0.05) is 6.08 Å². The molecule has 2 atom stereocenters. The molecule has 0 spiro atoms. The van der Waals surface area contributed by atoms with Crippen LogP contribution in [-0.4, -0.2) is 39.9 Å². The Labute approximate surface area is 65.9 Å². The van der Waals surface area contributed by atoms with E-state index in [0.717, 1.165) is 18.7 Å². The van der Waals surface area contributed by atoms with Crippen LogP contribution in [0.5, 0.6) is 0 Å². The molecule has 3 heteroatoms. The molecular formula is C8H13NO2. The molecule has 0 bridgehead atoms. The van der Waals surface area contributed by atoms with Crippen LogP contribution in [0.25, 0.3) is 0 Å². The highest BCUT2D eigenvalue weighted by atomic mass is 16.3. The van der Waals surface area contributed by atoms with Gasteiger partial charge in [0.1, 0.15) is 11.7 Å². The third-order valence-electron chi connectivity index (χ3n) is 2.64. The Hall–Kier alpha value is -0.540. The average molecular weight is 155 g/mol. The summed E-state index contributed by atoms with van der Waals surface area (Å²) in [5.74, 6) is 0. The lowest BCUT2D eigenvalue weighted by molar-refractivity contribution is -0.00974. The van der Waals surface area contributed by atoms with Crippen LogP contribution >= 0.6 is 0 Å². The van der Waals surface area contributed by atoms with Crippen molar-refractivity contribution in [2.75, 3.05) is 13.1 Å². The molecule has 0 saturated carbocycles. The number of fused-ring (bicyclic) bond motifs is 1. The van der Waals surface area contributed by atoms with Crippen LogP contribution in [0.4, 0.5) is 0 Å². The molecule has 0 aliphatic carbocycles. The second kappa shape index (κ2) is 1.99. The summed E-state index contributed by atoms with van der Waals surface area (Å²) in [6.07, 6.45) is 2.39. The van der Waals surface area contributed by atoms with E-state index in [1.807, 2.05) is 11.0 Å². The van der Waals surface area contributed by atoms with Gasteiger partial charge in [-0.05, 0) is 13.3 Å². The molecule has 0 aromatic rings. The Morgan fingerprint density at radius 3 is 3.09 bits per heavy atom. The normalized spacial score (nSPS) is 42.6. The zero-order valence-corrected chi connectivity index (χ0v) is 6.62. The minimum absolute atomic E-state index is 0.582. The molecule has 2 N–H and O–H groups in total. The molecule has 2 rings (SSSR count). The van der Waals surface area contributed by atoms with Crippen LogP contribution in [0.2, 0.25) is 0 Å². The number of rotatable bonds is 0. The van der Waals surface area contributed by atoms with E-state index < -0.39 is 11.7 Å². The molecule has 2 aliphatic rings. The Morgan fingerprint density at radius 1 is 1.73 bits per heavy atom. The van der Waals surface area contributed by atoms with Gasteiger partial charge in [-0.25, -0.2) is 0 Å². The van der Waals surface area contributed by atoms with Gasteiger partial charge in [0.05, 0.1) is 0 Å². The van der Waals surface area contributed by atoms with Crippen LogP contribution in [0.15, 0.2) is 11.8 Å². The van der Waals surface area contributed by atoms with Crippen LogP contribution in [0.1, 0.15) is 13.3 Å². The zero-order chi connectivity index (χ0) is 8.06. The smallest absolute Gasteiger partial charge is 0.128 e. The van der Waals surface area contributed by atoms with Gasteiger partial charge in [-0.2, -0.15) is 0 Å². The van der Waals surface area contributed by atoms with E-state index in [4.69, 9.17) is 0 Å². The minimum atomic E-state index is -1.00. The van der Waals surface area contributed by atoms with E-state index in [0.29, 0.717) is 6.54 Å². The van der Waals surface area contributed by atoms with Crippen molar-refractivity contribution in [3.8, 4) is 0 Å². The summed E-state index contributed by atoms with van der Waals surface area (Å²) in [6.45, 7) is 3.20. The summed E-state index contributed by atoms with van der Waals surface area (Å²) >= 11 is 0. The fraction of sp³-hybridized carbons (Fsp3) is 0.750. The van der Waals surface area contributed by atoms with Crippen molar-refractivity contribution in [2.24, 2.45) is 0 Å². The summed E-state index contributed by atoms with van der Waals surface area (Å²) < 4.78 is 0. The maximum Gasteiger partial charge on any atom is 0.128 e. The van der Waals surface area contributed by atoms with E-state index in [9.17, 15) is 10.2 Å². The van der Waals surface area contributed by atoms with Crippen LogP contribution in [0, 0.1) is 0 Å². The quantitative estimate of drug-likeness (QED) is 0.505. The molecule has 3 nitrogen and oxygen atoms in total. The first-order chi connectivity index (χ1) is 5.12. The van der Waals surface area contributed by atoms with Crippen molar-refractivity contribution < 1.29 is 10.2 Å². The number of hydrogen-bond acceptors (Lipinski definition) is 3. The summed E-state index contributed by atoms with van der Waals surface area (Å²) in [4.78, 5) is 2.05. The lowest BCUT2D eigenvalue weighted by Crippen LogP contribution is -2.36. The summed E-state index contributed by atoms with van der Waals surface area (Å²) in [5.41, 5.74) is -0.0961. The van der Waals surface area contributed by atoms with E-state index in [-0.39, 0.29) is 0 Å². The van der Waals surface area contributed by atoms with Gasteiger partial charge in [-0.15, -0.1) is 0 Å². The van der Waals surface area contributed by atoms with Gasteiger partial charge in [0, 0.05) is 18.8 Å². The third kappa shape index (κ3) is 0.812. The highest BCUT2D eigenvalue weighted by Gasteiger charge is 2.45. The van der Waals surface area contributed by atoms with Crippen molar-refractivity contribution in [3.63, 3.8) is 0 Å². The Balaban J connectivity index is 2.33. The lowest BCUT2D eigenvalue weighted by atomic mass is 10.00. The predicted octanol–water partition coefficient (Wildman–Crippen LogP) is -0.298. The molecular weight excluding hydrogens is 142 g/mol. The van der Waals surface area contributed by atoms with Crippen molar-refractivity contribution in [1.29, 1.82) is 0 Å². The van der Waals surface area contributed by atoms with Gasteiger partial charge in [0.15, 0.2) is 0 Å². The molecule has 0 radical (unpaired) electrons. The first kappa shape index (κ1) is 7.13. The first-order valence-electron chi connectivity index (χ1n) is 3.98. The molecule has 0 amide bonds. The van der Waals surface area contributed by atoms with E-state index in [1.165, 1.54) is 0 Å². The summed E-state index contributed by atoms with van der Waals surface area (Å²) in [7, 11) is 0. The highest BCUT2D eigenvalue weighted by molar-refractivity contribution is 5.26.